The number of pyridine rings is 1. The van der Waals surface area contributed by atoms with Crippen LogP contribution in [0.15, 0.2) is 24.5 Å². The van der Waals surface area contributed by atoms with Crippen LogP contribution in [-0.4, -0.2) is 14.8 Å². The Hall–Kier alpha value is -2.36. The highest BCUT2D eigenvalue weighted by Gasteiger charge is 2.32. The zero-order valence-corrected chi connectivity index (χ0v) is 10.2. The van der Waals surface area contributed by atoms with Crippen molar-refractivity contribution in [2.45, 2.75) is 24.9 Å². The second-order valence-corrected chi connectivity index (χ2v) is 4.66. The zero-order valence-electron chi connectivity index (χ0n) is 10.2. The minimum absolute atomic E-state index is 0.299. The van der Waals surface area contributed by atoms with Crippen LogP contribution in [0.3, 0.4) is 0 Å². The summed E-state index contributed by atoms with van der Waals surface area (Å²) in [7, 11) is 0. The van der Waals surface area contributed by atoms with Crippen LogP contribution < -0.4 is 0 Å². The van der Waals surface area contributed by atoms with Crippen LogP contribution in [-0.2, 0) is 6.18 Å². The highest BCUT2D eigenvalue weighted by atomic mass is 19.4. The van der Waals surface area contributed by atoms with Gasteiger partial charge in [-0.15, -0.1) is 0 Å². The van der Waals surface area contributed by atoms with Gasteiger partial charge in [0.1, 0.15) is 11.8 Å². The van der Waals surface area contributed by atoms with E-state index in [-0.39, 0.29) is 0 Å². The summed E-state index contributed by atoms with van der Waals surface area (Å²) in [5.41, 5.74) is 0.637. The molecule has 0 amide bonds. The molecular weight excluding hydrogens is 269 g/mol. The maximum atomic E-state index is 12.4. The Morgan fingerprint density at radius 2 is 2.05 bits per heavy atom. The van der Waals surface area contributed by atoms with Crippen LogP contribution in [0.25, 0.3) is 5.69 Å². The van der Waals surface area contributed by atoms with Crippen LogP contribution >= 0.6 is 0 Å². The smallest absolute Gasteiger partial charge is 0.250 e. The molecule has 2 aromatic heterocycles. The Kier molecular flexibility index (Phi) is 2.74. The monoisotopic (exact) mass is 278 g/mol. The molecule has 1 saturated carbocycles. The molecule has 0 radical (unpaired) electrons. The van der Waals surface area contributed by atoms with E-state index in [0.29, 0.717) is 22.9 Å². The second-order valence-electron chi connectivity index (χ2n) is 4.66. The first-order chi connectivity index (χ1) is 9.49. The van der Waals surface area contributed by atoms with Crippen molar-refractivity contribution in [2.75, 3.05) is 0 Å². The average molecular weight is 278 g/mol. The van der Waals surface area contributed by atoms with Crippen LogP contribution in [0, 0.1) is 11.3 Å². The third kappa shape index (κ3) is 2.25. The first kappa shape index (κ1) is 12.7. The van der Waals surface area contributed by atoms with Gasteiger partial charge in [0.15, 0.2) is 0 Å². The molecule has 0 N–H and O–H groups in total. The zero-order chi connectivity index (χ0) is 14.3. The number of alkyl halides is 3. The summed E-state index contributed by atoms with van der Waals surface area (Å²) in [6.45, 7) is 0. The Morgan fingerprint density at radius 3 is 2.55 bits per heavy atom. The average Bonchev–Trinajstić information content (AvgIpc) is 3.17. The number of hydrogen-bond acceptors (Lipinski definition) is 3. The van der Waals surface area contributed by atoms with Crippen molar-refractivity contribution in [3.05, 3.63) is 41.5 Å². The van der Waals surface area contributed by atoms with Crippen molar-refractivity contribution in [1.29, 1.82) is 5.26 Å². The Bertz CT molecular complexity index is 675. The molecule has 7 heteroatoms. The van der Waals surface area contributed by atoms with E-state index in [1.165, 1.54) is 16.9 Å². The van der Waals surface area contributed by atoms with Crippen molar-refractivity contribution >= 4 is 0 Å². The van der Waals surface area contributed by atoms with Crippen molar-refractivity contribution in [2.24, 2.45) is 0 Å². The molecule has 3 rings (SSSR count). The molecule has 102 valence electrons. The normalized spacial score (nSPS) is 15.1. The number of nitrogens with zero attached hydrogens (tertiary/aromatic N) is 4. The lowest BCUT2D eigenvalue weighted by Gasteiger charge is -2.06. The van der Waals surface area contributed by atoms with E-state index in [1.807, 2.05) is 0 Å². The molecule has 0 aromatic carbocycles. The van der Waals surface area contributed by atoms with Gasteiger partial charge in [0.05, 0.1) is 23.1 Å². The number of halogens is 3. The molecule has 0 aliphatic heterocycles. The third-order valence-corrected chi connectivity index (χ3v) is 3.13. The molecule has 2 aromatic rings. The summed E-state index contributed by atoms with van der Waals surface area (Å²) in [6.07, 6.45) is 0.166. The van der Waals surface area contributed by atoms with E-state index in [9.17, 15) is 13.2 Å². The summed E-state index contributed by atoms with van der Waals surface area (Å²) in [5, 5.41) is 13.3. The number of aromatic nitrogens is 3. The van der Waals surface area contributed by atoms with Gasteiger partial charge in [-0.3, -0.25) is 0 Å². The van der Waals surface area contributed by atoms with Gasteiger partial charge in [-0.25, -0.2) is 9.67 Å². The van der Waals surface area contributed by atoms with Gasteiger partial charge in [0, 0.05) is 12.1 Å². The van der Waals surface area contributed by atoms with Crippen molar-refractivity contribution in [3.8, 4) is 11.8 Å². The van der Waals surface area contributed by atoms with Crippen LogP contribution in [0.2, 0.25) is 0 Å². The van der Waals surface area contributed by atoms with Gasteiger partial charge >= 0.3 is 6.18 Å². The number of rotatable bonds is 2. The fraction of sp³-hybridized carbons (Fsp3) is 0.308. The molecule has 0 unspecified atom stereocenters. The number of hydrogen-bond donors (Lipinski definition) is 0. The largest absolute Gasteiger partial charge is 0.433 e. The fourth-order valence-corrected chi connectivity index (χ4v) is 1.95. The summed E-state index contributed by atoms with van der Waals surface area (Å²) < 4.78 is 38.7. The lowest BCUT2D eigenvalue weighted by molar-refractivity contribution is -0.141. The molecular formula is C13H9F3N4. The molecule has 1 aliphatic rings. The topological polar surface area (TPSA) is 54.5 Å². The summed E-state index contributed by atoms with van der Waals surface area (Å²) >= 11 is 0. The van der Waals surface area contributed by atoms with Crippen LogP contribution in [0.5, 0.6) is 0 Å². The predicted molar refractivity (Wildman–Crippen MR) is 63.1 cm³/mol. The van der Waals surface area contributed by atoms with Gasteiger partial charge < -0.3 is 0 Å². The van der Waals surface area contributed by atoms with E-state index < -0.39 is 11.9 Å². The Labute approximate surface area is 112 Å². The summed E-state index contributed by atoms with van der Waals surface area (Å²) in [5.74, 6) is 0.299. The first-order valence-electron chi connectivity index (χ1n) is 6.02. The van der Waals surface area contributed by atoms with Crippen LogP contribution in [0.4, 0.5) is 13.2 Å². The Balaban J connectivity index is 1.95. The predicted octanol–water partition coefficient (Wildman–Crippen LogP) is 3.04. The second kappa shape index (κ2) is 4.34. The molecule has 0 saturated heterocycles. The molecule has 0 bridgehead atoms. The molecule has 20 heavy (non-hydrogen) atoms. The minimum atomic E-state index is -4.46. The van der Waals surface area contributed by atoms with Gasteiger partial charge in [0.2, 0.25) is 0 Å². The minimum Gasteiger partial charge on any atom is -0.250 e. The fourth-order valence-electron chi connectivity index (χ4n) is 1.95. The SMILES string of the molecule is N#Cc1cn(-c2ccc(C(F)(F)F)nc2)nc1C1CC1. The van der Waals surface area contributed by atoms with Gasteiger partial charge in [-0.05, 0) is 25.0 Å². The summed E-state index contributed by atoms with van der Waals surface area (Å²) in [6, 6.07) is 4.25. The highest BCUT2D eigenvalue weighted by Crippen LogP contribution is 2.40. The maximum Gasteiger partial charge on any atom is 0.433 e. The van der Waals surface area contributed by atoms with E-state index in [2.05, 4.69) is 16.2 Å². The standard InChI is InChI=1S/C13H9F3N4/c14-13(15,16)11-4-3-10(6-18-11)20-7-9(5-17)12(19-20)8-1-2-8/h3-4,6-8H,1-2H2. The van der Waals surface area contributed by atoms with Crippen LogP contribution in [0.1, 0.15) is 35.7 Å². The van der Waals surface area contributed by atoms with Gasteiger partial charge in [0.25, 0.3) is 0 Å². The molecule has 0 spiro atoms. The van der Waals surface area contributed by atoms with Crippen molar-refractivity contribution < 1.29 is 13.2 Å². The first-order valence-corrected chi connectivity index (χ1v) is 6.02. The van der Waals surface area contributed by atoms with E-state index in [1.54, 1.807) is 0 Å². The molecule has 1 fully saturated rings. The molecule has 0 atom stereocenters. The molecule has 4 nitrogen and oxygen atoms in total. The van der Waals surface area contributed by atoms with E-state index in [4.69, 9.17) is 5.26 Å². The lowest BCUT2D eigenvalue weighted by atomic mass is 10.2. The third-order valence-electron chi connectivity index (χ3n) is 3.13. The Morgan fingerprint density at radius 1 is 1.30 bits per heavy atom. The van der Waals surface area contributed by atoms with Crippen molar-refractivity contribution in [1.82, 2.24) is 14.8 Å². The quantitative estimate of drug-likeness (QED) is 0.848. The molecule has 2 heterocycles. The maximum absolute atomic E-state index is 12.4. The summed E-state index contributed by atoms with van der Waals surface area (Å²) in [4.78, 5) is 3.38. The van der Waals surface area contributed by atoms with E-state index >= 15 is 0 Å². The van der Waals surface area contributed by atoms with Gasteiger partial charge in [-0.2, -0.15) is 23.5 Å². The molecule has 1 aliphatic carbocycles. The number of nitriles is 1. The van der Waals surface area contributed by atoms with E-state index in [0.717, 1.165) is 25.1 Å². The lowest BCUT2D eigenvalue weighted by Crippen LogP contribution is -2.08. The van der Waals surface area contributed by atoms with Gasteiger partial charge in [-0.1, -0.05) is 0 Å². The highest BCUT2D eigenvalue weighted by molar-refractivity contribution is 5.39. The van der Waals surface area contributed by atoms with Crippen molar-refractivity contribution in [3.63, 3.8) is 0 Å².